The Morgan fingerprint density at radius 2 is 1.81 bits per heavy atom. The van der Waals surface area contributed by atoms with Gasteiger partial charge in [-0.2, -0.15) is 0 Å². The highest BCUT2D eigenvalue weighted by Gasteiger charge is 2.33. The van der Waals surface area contributed by atoms with Crippen molar-refractivity contribution in [2.24, 2.45) is 0 Å². The van der Waals surface area contributed by atoms with Crippen molar-refractivity contribution in [1.29, 1.82) is 0 Å². The summed E-state index contributed by atoms with van der Waals surface area (Å²) in [6, 6.07) is 1.23. The van der Waals surface area contributed by atoms with Gasteiger partial charge in [0.15, 0.2) is 0 Å². The van der Waals surface area contributed by atoms with Gasteiger partial charge in [-0.1, -0.05) is 57.9 Å². The van der Waals surface area contributed by atoms with Crippen LogP contribution in [0.2, 0.25) is 23.7 Å². The molecular weight excluding hydrogens is 216 g/mol. The third-order valence-corrected chi connectivity index (χ3v) is 10.6. The maximum atomic E-state index is 10.9. The first-order valence-electron chi connectivity index (χ1n) is 6.13. The van der Waals surface area contributed by atoms with Gasteiger partial charge in [-0.15, -0.1) is 0 Å². The van der Waals surface area contributed by atoms with Gasteiger partial charge in [-0.25, -0.2) is 4.79 Å². The maximum Gasteiger partial charge on any atom is 0.330 e. The predicted octanol–water partition coefficient (Wildman–Crippen LogP) is 4.00. The summed E-state index contributed by atoms with van der Waals surface area (Å²) in [5, 5.41) is 0. The summed E-state index contributed by atoms with van der Waals surface area (Å²) in [5.41, 5.74) is 1.56. The lowest BCUT2D eigenvalue weighted by Crippen LogP contribution is -2.37. The highest BCUT2D eigenvalue weighted by Crippen LogP contribution is 2.36. The highest BCUT2D eigenvalue weighted by molar-refractivity contribution is 6.81. The van der Waals surface area contributed by atoms with Crippen molar-refractivity contribution in [3.63, 3.8) is 0 Å². The Bertz CT molecular complexity index is 226. The van der Waals surface area contributed by atoms with Gasteiger partial charge < -0.3 is 4.74 Å². The first-order chi connectivity index (χ1) is 7.34. The normalized spacial score (nSPS) is 11.9. The van der Waals surface area contributed by atoms with E-state index in [4.69, 9.17) is 4.74 Å². The number of hydrogen-bond donors (Lipinski definition) is 0. The fourth-order valence-corrected chi connectivity index (χ4v) is 5.32. The van der Waals surface area contributed by atoms with Gasteiger partial charge in [0.25, 0.3) is 0 Å². The largest absolute Gasteiger partial charge is 0.463 e. The Balaban J connectivity index is 4.05. The molecule has 0 unspecified atom stereocenters. The average molecular weight is 242 g/mol. The van der Waals surface area contributed by atoms with Gasteiger partial charge in [0.1, 0.15) is 0 Å². The Labute approximate surface area is 101 Å². The molecule has 0 atom stereocenters. The molecule has 0 aromatic rings. The second-order valence-electron chi connectivity index (χ2n) is 5.29. The number of carbonyl (C=O) groups excluding carboxylic acids is 1. The van der Waals surface area contributed by atoms with Crippen molar-refractivity contribution in [1.82, 2.24) is 0 Å². The molecule has 0 aliphatic heterocycles. The minimum atomic E-state index is -1.20. The van der Waals surface area contributed by atoms with Crippen molar-refractivity contribution in [2.45, 2.75) is 57.8 Å². The van der Waals surface area contributed by atoms with Crippen molar-refractivity contribution in [2.75, 3.05) is 6.61 Å². The SMILES string of the molecule is C=CC(=O)OCCC[Si](C)(C(C)C)C(C)C. The first-order valence-corrected chi connectivity index (χ1v) is 9.00. The Kier molecular flexibility index (Phi) is 6.64. The van der Waals surface area contributed by atoms with Crippen LogP contribution in [0.5, 0.6) is 0 Å². The van der Waals surface area contributed by atoms with Crippen molar-refractivity contribution < 1.29 is 9.53 Å². The molecule has 0 rings (SSSR count). The van der Waals surface area contributed by atoms with E-state index in [2.05, 4.69) is 40.8 Å². The molecule has 0 aliphatic rings. The van der Waals surface area contributed by atoms with E-state index in [9.17, 15) is 4.79 Å². The Hall–Kier alpha value is -0.573. The minimum absolute atomic E-state index is 0.308. The lowest BCUT2D eigenvalue weighted by Gasteiger charge is -2.35. The topological polar surface area (TPSA) is 26.3 Å². The summed E-state index contributed by atoms with van der Waals surface area (Å²) < 4.78 is 5.01. The fourth-order valence-electron chi connectivity index (χ4n) is 1.93. The van der Waals surface area contributed by atoms with Crippen LogP contribution in [0.25, 0.3) is 0 Å². The van der Waals surface area contributed by atoms with Crippen LogP contribution in [0.3, 0.4) is 0 Å². The average Bonchev–Trinajstić information content (AvgIpc) is 2.22. The summed E-state index contributed by atoms with van der Waals surface area (Å²) in [7, 11) is -1.20. The monoisotopic (exact) mass is 242 g/mol. The van der Waals surface area contributed by atoms with Gasteiger partial charge in [0.2, 0.25) is 0 Å². The van der Waals surface area contributed by atoms with E-state index in [1.807, 2.05) is 0 Å². The molecular formula is C13H26O2Si. The fraction of sp³-hybridized carbons (Fsp3) is 0.769. The summed E-state index contributed by atoms with van der Waals surface area (Å²) in [6.07, 6.45) is 2.21. The van der Waals surface area contributed by atoms with Gasteiger partial charge in [-0.05, 0) is 6.42 Å². The Morgan fingerprint density at radius 3 is 2.19 bits per heavy atom. The van der Waals surface area contributed by atoms with Crippen LogP contribution < -0.4 is 0 Å². The smallest absolute Gasteiger partial charge is 0.330 e. The molecule has 0 bridgehead atoms. The Morgan fingerprint density at radius 1 is 1.31 bits per heavy atom. The number of carbonyl (C=O) groups is 1. The number of rotatable bonds is 7. The van der Waals surface area contributed by atoms with E-state index in [1.165, 1.54) is 12.1 Å². The van der Waals surface area contributed by atoms with E-state index in [1.54, 1.807) is 0 Å². The van der Waals surface area contributed by atoms with E-state index in [-0.39, 0.29) is 5.97 Å². The zero-order valence-corrected chi connectivity index (χ0v) is 12.4. The minimum Gasteiger partial charge on any atom is -0.463 e. The molecule has 0 spiro atoms. The number of esters is 1. The van der Waals surface area contributed by atoms with Gasteiger partial charge in [0, 0.05) is 6.08 Å². The van der Waals surface area contributed by atoms with Crippen LogP contribution in [0, 0.1) is 0 Å². The highest BCUT2D eigenvalue weighted by atomic mass is 28.3. The van der Waals surface area contributed by atoms with Crippen molar-refractivity contribution >= 4 is 14.0 Å². The van der Waals surface area contributed by atoms with E-state index in [0.29, 0.717) is 6.61 Å². The molecule has 0 fully saturated rings. The molecule has 2 nitrogen and oxygen atoms in total. The first kappa shape index (κ1) is 15.4. The molecule has 0 radical (unpaired) electrons. The second kappa shape index (κ2) is 6.89. The second-order valence-corrected chi connectivity index (χ2v) is 11.1. The van der Waals surface area contributed by atoms with E-state index < -0.39 is 8.07 Å². The number of hydrogen-bond acceptors (Lipinski definition) is 2. The van der Waals surface area contributed by atoms with Crippen LogP contribution in [0.4, 0.5) is 0 Å². The van der Waals surface area contributed by atoms with Crippen LogP contribution in [-0.2, 0) is 9.53 Å². The summed E-state index contributed by atoms with van der Waals surface area (Å²) in [4.78, 5) is 10.9. The van der Waals surface area contributed by atoms with Crippen molar-refractivity contribution in [3.8, 4) is 0 Å². The van der Waals surface area contributed by atoms with Crippen molar-refractivity contribution in [3.05, 3.63) is 12.7 Å². The van der Waals surface area contributed by atoms with Crippen LogP contribution in [0.15, 0.2) is 12.7 Å². The zero-order valence-electron chi connectivity index (χ0n) is 11.4. The lowest BCUT2D eigenvalue weighted by atomic mass is 10.5. The van der Waals surface area contributed by atoms with Gasteiger partial charge in [0.05, 0.1) is 14.7 Å². The maximum absolute atomic E-state index is 10.9. The molecule has 0 N–H and O–H groups in total. The molecule has 0 amide bonds. The summed E-state index contributed by atoms with van der Waals surface area (Å²) in [5.74, 6) is -0.308. The predicted molar refractivity (Wildman–Crippen MR) is 72.4 cm³/mol. The lowest BCUT2D eigenvalue weighted by molar-refractivity contribution is -0.137. The molecule has 0 aromatic heterocycles. The number of ether oxygens (including phenoxy) is 1. The molecule has 0 saturated heterocycles. The summed E-state index contributed by atoms with van der Waals surface area (Å²) in [6.45, 7) is 15.7. The third-order valence-electron chi connectivity index (χ3n) is 3.91. The molecule has 0 aromatic carbocycles. The zero-order chi connectivity index (χ0) is 12.8. The standard InChI is InChI=1S/C13H26O2Si/c1-7-13(14)15-9-8-10-16(6,11(2)3)12(4)5/h7,11-12H,1,8-10H2,2-6H3. The molecule has 3 heteroatoms. The molecule has 16 heavy (non-hydrogen) atoms. The summed E-state index contributed by atoms with van der Waals surface area (Å²) >= 11 is 0. The molecule has 0 heterocycles. The van der Waals surface area contributed by atoms with Crippen LogP contribution >= 0.6 is 0 Å². The molecule has 94 valence electrons. The molecule has 0 aliphatic carbocycles. The molecule has 0 saturated carbocycles. The van der Waals surface area contributed by atoms with E-state index >= 15 is 0 Å². The quantitative estimate of drug-likeness (QED) is 0.292. The third kappa shape index (κ3) is 4.52. The van der Waals surface area contributed by atoms with Gasteiger partial charge >= 0.3 is 5.97 Å². The van der Waals surface area contributed by atoms with Gasteiger partial charge in [-0.3, -0.25) is 0 Å². The van der Waals surface area contributed by atoms with Crippen LogP contribution in [-0.4, -0.2) is 20.7 Å². The van der Waals surface area contributed by atoms with Crippen LogP contribution in [0.1, 0.15) is 34.1 Å². The van der Waals surface area contributed by atoms with E-state index in [0.717, 1.165) is 17.5 Å².